The first kappa shape index (κ1) is 24.2. The summed E-state index contributed by atoms with van der Waals surface area (Å²) in [6.45, 7) is 0. The number of phenolic OH excluding ortho intramolecular Hbond substituents is 3. The van der Waals surface area contributed by atoms with E-state index in [1.807, 2.05) is 0 Å². The predicted molar refractivity (Wildman–Crippen MR) is 134 cm³/mol. The van der Waals surface area contributed by atoms with Crippen LogP contribution in [0, 0.1) is 0 Å². The van der Waals surface area contributed by atoms with E-state index in [0.29, 0.717) is 10.6 Å². The molecule has 0 unspecified atom stereocenters. The molecule has 10 heteroatoms. The predicted octanol–water partition coefficient (Wildman–Crippen LogP) is 6.41. The molecule has 0 fully saturated rings. The van der Waals surface area contributed by atoms with Crippen LogP contribution in [0.1, 0.15) is 0 Å². The minimum Gasteiger partial charge on any atom is -0.507 e. The molecule has 0 bridgehead atoms. The molecule has 0 amide bonds. The molecule has 4 aromatic carbocycles. The molecule has 4 rings (SSSR count). The van der Waals surface area contributed by atoms with E-state index >= 15 is 0 Å². The fraction of sp³-hybridized carbons (Fsp3) is 0. The Hall–Kier alpha value is -2.94. The molecule has 4 aromatic rings. The summed E-state index contributed by atoms with van der Waals surface area (Å²) in [7, 11) is -4.43. The maximum Gasteiger partial charge on any atom is 0.239 e. The topological polar surface area (TPSA) is 121 Å². The molecule has 0 spiro atoms. The SMILES string of the molecule is NS(=O)(=O)c1c(-c2cc(Cl)ccc2O)cc(-c2cc(Cl)ccc2O)cc1-c1cc(Cl)ccc1O. The van der Waals surface area contributed by atoms with E-state index in [9.17, 15) is 23.7 Å². The number of phenols is 3. The number of benzene rings is 4. The van der Waals surface area contributed by atoms with E-state index in [2.05, 4.69) is 0 Å². The van der Waals surface area contributed by atoms with E-state index in [4.69, 9.17) is 39.9 Å². The van der Waals surface area contributed by atoms with Crippen molar-refractivity contribution in [3.05, 3.63) is 81.8 Å². The second kappa shape index (κ2) is 9.02. The lowest BCUT2D eigenvalue weighted by Gasteiger charge is -2.19. The Kier molecular flexibility index (Phi) is 6.42. The maximum atomic E-state index is 12.9. The molecule has 0 radical (unpaired) electrons. The van der Waals surface area contributed by atoms with Crippen LogP contribution in [-0.2, 0) is 10.0 Å². The van der Waals surface area contributed by atoms with Gasteiger partial charge < -0.3 is 15.3 Å². The quantitative estimate of drug-likeness (QED) is 0.240. The highest BCUT2D eigenvalue weighted by molar-refractivity contribution is 7.89. The first-order valence-electron chi connectivity index (χ1n) is 9.63. The van der Waals surface area contributed by atoms with Gasteiger partial charge in [0.1, 0.15) is 17.2 Å². The van der Waals surface area contributed by atoms with Gasteiger partial charge in [0.15, 0.2) is 0 Å². The largest absolute Gasteiger partial charge is 0.507 e. The van der Waals surface area contributed by atoms with Crippen molar-refractivity contribution in [1.82, 2.24) is 0 Å². The number of sulfonamides is 1. The van der Waals surface area contributed by atoms with Crippen LogP contribution in [0.2, 0.25) is 15.1 Å². The molecule has 0 aliphatic heterocycles. The van der Waals surface area contributed by atoms with Crippen LogP contribution in [0.5, 0.6) is 17.2 Å². The molecule has 0 aromatic heterocycles. The third-order valence-corrected chi connectivity index (χ3v) is 6.85. The van der Waals surface area contributed by atoms with Gasteiger partial charge in [-0.3, -0.25) is 0 Å². The molecule has 0 atom stereocenters. The number of nitrogens with two attached hydrogens (primary N) is 1. The van der Waals surface area contributed by atoms with Crippen molar-refractivity contribution in [2.24, 2.45) is 5.14 Å². The minimum absolute atomic E-state index is 0.00579. The Morgan fingerprint density at radius 3 is 1.29 bits per heavy atom. The summed E-state index contributed by atoms with van der Waals surface area (Å²) in [6, 6.07) is 15.5. The van der Waals surface area contributed by atoms with Crippen LogP contribution in [-0.4, -0.2) is 23.7 Å². The first-order valence-corrected chi connectivity index (χ1v) is 12.3. The number of rotatable bonds is 4. The Morgan fingerprint density at radius 2 is 0.912 bits per heavy atom. The Bertz CT molecular complexity index is 1480. The molecule has 0 aliphatic carbocycles. The van der Waals surface area contributed by atoms with Gasteiger partial charge in [0.2, 0.25) is 10.0 Å². The summed E-state index contributed by atoms with van der Waals surface area (Å²) in [5.74, 6) is -0.652. The van der Waals surface area contributed by atoms with Crippen molar-refractivity contribution < 1.29 is 23.7 Å². The summed E-state index contributed by atoms with van der Waals surface area (Å²) < 4.78 is 25.7. The minimum atomic E-state index is -4.43. The van der Waals surface area contributed by atoms with Crippen LogP contribution in [0.25, 0.3) is 33.4 Å². The summed E-state index contributed by atoms with van der Waals surface area (Å²) in [5.41, 5.74) is 0.739. The number of hydrogen-bond donors (Lipinski definition) is 4. The van der Waals surface area contributed by atoms with E-state index in [-0.39, 0.29) is 60.0 Å². The zero-order valence-corrected chi connectivity index (χ0v) is 20.2. The summed E-state index contributed by atoms with van der Waals surface area (Å²) in [5, 5.41) is 38.0. The van der Waals surface area contributed by atoms with Crippen molar-refractivity contribution in [1.29, 1.82) is 0 Å². The number of hydrogen-bond acceptors (Lipinski definition) is 5. The number of halogens is 3. The van der Waals surface area contributed by atoms with Crippen molar-refractivity contribution in [3.8, 4) is 50.6 Å². The van der Waals surface area contributed by atoms with Gasteiger partial charge in [-0.15, -0.1) is 0 Å². The van der Waals surface area contributed by atoms with E-state index in [0.717, 1.165) is 0 Å². The Morgan fingerprint density at radius 1 is 0.559 bits per heavy atom. The standard InChI is InChI=1S/C24H16Cl3NO5S/c25-13-1-4-21(29)16(9-13)12-7-19(17-10-14(26)2-5-22(17)30)24(34(28,32)33)20(8-12)18-11-15(27)3-6-23(18)31/h1-11,29-31H,(H2,28,32,33). The molecule has 0 saturated heterocycles. The van der Waals surface area contributed by atoms with Gasteiger partial charge in [-0.1, -0.05) is 34.8 Å². The summed E-state index contributed by atoms with van der Waals surface area (Å²) in [4.78, 5) is -0.382. The van der Waals surface area contributed by atoms with Gasteiger partial charge in [-0.05, 0) is 72.3 Å². The average molecular weight is 537 g/mol. The van der Waals surface area contributed by atoms with E-state index < -0.39 is 10.0 Å². The first-order chi connectivity index (χ1) is 16.0. The van der Waals surface area contributed by atoms with Gasteiger partial charge in [-0.2, -0.15) is 0 Å². The molecule has 0 aliphatic rings. The van der Waals surface area contributed by atoms with Crippen LogP contribution in [0.15, 0.2) is 71.6 Å². The lowest BCUT2D eigenvalue weighted by Crippen LogP contribution is -2.15. The van der Waals surface area contributed by atoms with Crippen LogP contribution < -0.4 is 5.14 Å². The van der Waals surface area contributed by atoms with Crippen molar-refractivity contribution in [2.45, 2.75) is 4.90 Å². The van der Waals surface area contributed by atoms with Crippen molar-refractivity contribution >= 4 is 44.8 Å². The lowest BCUT2D eigenvalue weighted by atomic mass is 9.92. The monoisotopic (exact) mass is 535 g/mol. The van der Waals surface area contributed by atoms with E-state index in [1.54, 1.807) is 0 Å². The smallest absolute Gasteiger partial charge is 0.239 e. The molecule has 0 heterocycles. The van der Waals surface area contributed by atoms with Gasteiger partial charge >= 0.3 is 0 Å². The summed E-state index contributed by atoms with van der Waals surface area (Å²) >= 11 is 18.4. The fourth-order valence-corrected chi connectivity index (χ4v) is 5.15. The molecule has 6 nitrogen and oxygen atoms in total. The lowest BCUT2D eigenvalue weighted by molar-refractivity contribution is 0.477. The number of aromatic hydroxyl groups is 3. The molecule has 0 saturated carbocycles. The van der Waals surface area contributed by atoms with Gasteiger partial charge in [0, 0.05) is 42.9 Å². The van der Waals surface area contributed by atoms with Gasteiger partial charge in [0.05, 0.1) is 4.90 Å². The zero-order valence-electron chi connectivity index (χ0n) is 17.1. The number of primary sulfonamides is 1. The second-order valence-electron chi connectivity index (χ2n) is 7.43. The van der Waals surface area contributed by atoms with E-state index in [1.165, 1.54) is 66.7 Å². The molecule has 5 N–H and O–H groups in total. The van der Waals surface area contributed by atoms with Crippen LogP contribution >= 0.6 is 34.8 Å². The summed E-state index contributed by atoms with van der Waals surface area (Å²) in [6.07, 6.45) is 0. The Balaban J connectivity index is 2.23. The van der Waals surface area contributed by atoms with Crippen molar-refractivity contribution in [3.63, 3.8) is 0 Å². The molecule has 34 heavy (non-hydrogen) atoms. The van der Waals surface area contributed by atoms with Crippen LogP contribution in [0.3, 0.4) is 0 Å². The third-order valence-electron chi connectivity index (χ3n) is 5.14. The highest BCUT2D eigenvalue weighted by atomic mass is 35.5. The van der Waals surface area contributed by atoms with Gasteiger partial charge in [-0.25, -0.2) is 13.6 Å². The van der Waals surface area contributed by atoms with Crippen molar-refractivity contribution in [2.75, 3.05) is 0 Å². The highest BCUT2D eigenvalue weighted by Gasteiger charge is 2.26. The Labute approximate surface area is 210 Å². The van der Waals surface area contributed by atoms with Crippen LogP contribution in [0.4, 0.5) is 0 Å². The normalized spacial score (nSPS) is 11.5. The molecular weight excluding hydrogens is 521 g/mol. The fourth-order valence-electron chi connectivity index (χ4n) is 3.68. The van der Waals surface area contributed by atoms with Gasteiger partial charge in [0.25, 0.3) is 0 Å². The molecular formula is C24H16Cl3NO5S. The third kappa shape index (κ3) is 4.66. The average Bonchev–Trinajstić information content (AvgIpc) is 2.77. The second-order valence-corrected chi connectivity index (χ2v) is 10.2. The molecule has 174 valence electrons. The highest BCUT2D eigenvalue weighted by Crippen LogP contribution is 2.46. The maximum absolute atomic E-state index is 12.9. The zero-order chi connectivity index (χ0) is 24.8.